The molecule has 5 nitrogen and oxygen atoms in total. The smallest absolute Gasteiger partial charge is 0.139 e. The zero-order valence-corrected chi connectivity index (χ0v) is 12.6. The summed E-state index contributed by atoms with van der Waals surface area (Å²) < 4.78 is 0. The fourth-order valence-corrected chi connectivity index (χ4v) is 4.33. The Hall–Kier alpha value is -0.810. The standard InChI is InChI=1S/C15H28N4O/c1-18-7-2-3-12-10-19(8-4-13(12)18)11-15(5-6-15)9-14(16)17-20/h12-13,20H,2-11H2,1H3,(H2,16,17). The van der Waals surface area contributed by atoms with Gasteiger partial charge in [0.1, 0.15) is 5.84 Å². The quantitative estimate of drug-likeness (QED) is 0.353. The van der Waals surface area contributed by atoms with Gasteiger partial charge >= 0.3 is 0 Å². The zero-order valence-electron chi connectivity index (χ0n) is 12.6. The van der Waals surface area contributed by atoms with E-state index >= 15 is 0 Å². The van der Waals surface area contributed by atoms with Crippen LogP contribution >= 0.6 is 0 Å². The zero-order chi connectivity index (χ0) is 14.2. The molecule has 114 valence electrons. The van der Waals surface area contributed by atoms with Gasteiger partial charge in [-0.25, -0.2) is 0 Å². The summed E-state index contributed by atoms with van der Waals surface area (Å²) in [4.78, 5) is 5.20. The van der Waals surface area contributed by atoms with Crippen molar-refractivity contribution in [2.24, 2.45) is 22.2 Å². The van der Waals surface area contributed by atoms with Gasteiger partial charge in [-0.05, 0) is 63.6 Å². The summed E-state index contributed by atoms with van der Waals surface area (Å²) in [6.07, 6.45) is 7.26. The van der Waals surface area contributed by atoms with Gasteiger partial charge in [-0.3, -0.25) is 0 Å². The highest BCUT2D eigenvalue weighted by molar-refractivity contribution is 5.80. The molecule has 1 aliphatic carbocycles. The molecule has 0 aromatic carbocycles. The van der Waals surface area contributed by atoms with Crippen LogP contribution in [0, 0.1) is 11.3 Å². The normalized spacial score (nSPS) is 34.8. The van der Waals surface area contributed by atoms with Crippen LogP contribution < -0.4 is 5.73 Å². The average Bonchev–Trinajstić information content (AvgIpc) is 3.18. The van der Waals surface area contributed by atoms with Crippen LogP contribution in [0.25, 0.3) is 0 Å². The highest BCUT2D eigenvalue weighted by atomic mass is 16.4. The van der Waals surface area contributed by atoms with E-state index in [1.54, 1.807) is 0 Å². The van der Waals surface area contributed by atoms with Gasteiger partial charge in [-0.15, -0.1) is 0 Å². The van der Waals surface area contributed by atoms with Gasteiger partial charge in [0.15, 0.2) is 0 Å². The average molecular weight is 280 g/mol. The number of hydrogen-bond acceptors (Lipinski definition) is 4. The summed E-state index contributed by atoms with van der Waals surface area (Å²) in [7, 11) is 2.28. The number of rotatable bonds is 4. The molecule has 0 aromatic rings. The second-order valence-corrected chi connectivity index (χ2v) is 7.24. The highest BCUT2D eigenvalue weighted by Gasteiger charge is 2.46. The van der Waals surface area contributed by atoms with Gasteiger partial charge < -0.3 is 20.7 Å². The summed E-state index contributed by atoms with van der Waals surface area (Å²) in [5, 5.41) is 11.9. The molecule has 2 aliphatic heterocycles. The summed E-state index contributed by atoms with van der Waals surface area (Å²) in [6.45, 7) is 4.86. The number of fused-ring (bicyclic) bond motifs is 1. The van der Waals surface area contributed by atoms with Crippen LogP contribution in [-0.2, 0) is 0 Å². The Morgan fingerprint density at radius 2 is 2.15 bits per heavy atom. The third-order valence-electron chi connectivity index (χ3n) is 5.63. The minimum absolute atomic E-state index is 0.309. The third-order valence-corrected chi connectivity index (χ3v) is 5.63. The summed E-state index contributed by atoms with van der Waals surface area (Å²) >= 11 is 0. The number of piperidine rings is 2. The lowest BCUT2D eigenvalue weighted by Crippen LogP contribution is -2.53. The van der Waals surface area contributed by atoms with E-state index in [9.17, 15) is 0 Å². The molecule has 2 saturated heterocycles. The maximum atomic E-state index is 8.76. The van der Waals surface area contributed by atoms with E-state index in [2.05, 4.69) is 22.0 Å². The minimum Gasteiger partial charge on any atom is -0.409 e. The molecule has 0 spiro atoms. The Labute approximate surface area is 121 Å². The molecule has 3 rings (SSSR count). The first kappa shape index (κ1) is 14.1. The minimum atomic E-state index is 0.309. The fourth-order valence-electron chi connectivity index (χ4n) is 4.33. The second-order valence-electron chi connectivity index (χ2n) is 7.24. The molecule has 2 unspecified atom stereocenters. The number of nitrogens with zero attached hydrogens (tertiary/aromatic N) is 3. The van der Waals surface area contributed by atoms with E-state index in [4.69, 9.17) is 10.9 Å². The van der Waals surface area contributed by atoms with Gasteiger partial charge in [0.05, 0.1) is 0 Å². The van der Waals surface area contributed by atoms with Crippen molar-refractivity contribution in [3.05, 3.63) is 0 Å². The van der Waals surface area contributed by atoms with Crippen molar-refractivity contribution >= 4 is 5.84 Å². The molecule has 2 heterocycles. The molecule has 0 amide bonds. The Kier molecular flexibility index (Phi) is 3.91. The Morgan fingerprint density at radius 1 is 1.35 bits per heavy atom. The molecule has 0 aromatic heterocycles. The monoisotopic (exact) mass is 280 g/mol. The molecule has 2 atom stereocenters. The second kappa shape index (κ2) is 5.53. The number of oxime groups is 1. The molecule has 5 heteroatoms. The van der Waals surface area contributed by atoms with Crippen molar-refractivity contribution in [1.82, 2.24) is 9.80 Å². The fraction of sp³-hybridized carbons (Fsp3) is 0.933. The molecule has 20 heavy (non-hydrogen) atoms. The lowest BCUT2D eigenvalue weighted by Gasteiger charge is -2.46. The molecule has 3 fully saturated rings. The number of nitrogens with two attached hydrogens (primary N) is 1. The van der Waals surface area contributed by atoms with Gasteiger partial charge in [0.25, 0.3) is 0 Å². The molecule has 3 aliphatic rings. The van der Waals surface area contributed by atoms with Gasteiger partial charge in [-0.1, -0.05) is 5.16 Å². The summed E-state index contributed by atoms with van der Waals surface area (Å²) in [5.74, 6) is 1.25. The van der Waals surface area contributed by atoms with E-state index in [1.165, 1.54) is 51.7 Å². The molecule has 0 bridgehead atoms. The van der Waals surface area contributed by atoms with Crippen LogP contribution in [0.2, 0.25) is 0 Å². The van der Waals surface area contributed by atoms with E-state index < -0.39 is 0 Å². The van der Waals surface area contributed by atoms with Crippen molar-refractivity contribution < 1.29 is 5.21 Å². The van der Waals surface area contributed by atoms with Gasteiger partial charge in [-0.2, -0.15) is 0 Å². The first-order valence-corrected chi connectivity index (χ1v) is 8.01. The van der Waals surface area contributed by atoms with E-state index in [0.29, 0.717) is 11.3 Å². The Balaban J connectivity index is 1.55. The maximum absolute atomic E-state index is 8.76. The van der Waals surface area contributed by atoms with Crippen molar-refractivity contribution in [1.29, 1.82) is 0 Å². The molecule has 3 N–H and O–H groups in total. The van der Waals surface area contributed by atoms with E-state index in [-0.39, 0.29) is 0 Å². The van der Waals surface area contributed by atoms with Crippen molar-refractivity contribution in [2.45, 2.75) is 44.6 Å². The van der Waals surface area contributed by atoms with E-state index in [0.717, 1.165) is 24.9 Å². The lowest BCUT2D eigenvalue weighted by atomic mass is 9.83. The highest BCUT2D eigenvalue weighted by Crippen LogP contribution is 2.50. The SMILES string of the molecule is CN1CCCC2CN(CC3(CC(N)=NO)CC3)CCC21. The molecular weight excluding hydrogens is 252 g/mol. The number of likely N-dealkylation sites (tertiary alicyclic amines) is 2. The van der Waals surface area contributed by atoms with Crippen LogP contribution in [0.4, 0.5) is 0 Å². The number of hydrogen-bond donors (Lipinski definition) is 2. The molecule has 1 saturated carbocycles. The molecular formula is C15H28N4O. The van der Waals surface area contributed by atoms with Gasteiger partial charge in [0.2, 0.25) is 0 Å². The van der Waals surface area contributed by atoms with Gasteiger partial charge in [0, 0.05) is 25.6 Å². The molecule has 0 radical (unpaired) electrons. The van der Waals surface area contributed by atoms with Crippen LogP contribution in [0.1, 0.15) is 38.5 Å². The Morgan fingerprint density at radius 3 is 2.85 bits per heavy atom. The summed E-state index contributed by atoms with van der Waals surface area (Å²) in [5.41, 5.74) is 6.01. The third kappa shape index (κ3) is 2.93. The van der Waals surface area contributed by atoms with Crippen molar-refractivity contribution in [3.8, 4) is 0 Å². The van der Waals surface area contributed by atoms with Crippen LogP contribution in [-0.4, -0.2) is 60.1 Å². The first-order valence-electron chi connectivity index (χ1n) is 8.01. The lowest BCUT2D eigenvalue weighted by molar-refractivity contribution is 0.0308. The Bertz CT molecular complexity index is 380. The van der Waals surface area contributed by atoms with Crippen LogP contribution in [0.5, 0.6) is 0 Å². The van der Waals surface area contributed by atoms with Crippen molar-refractivity contribution in [3.63, 3.8) is 0 Å². The van der Waals surface area contributed by atoms with Crippen LogP contribution in [0.3, 0.4) is 0 Å². The van der Waals surface area contributed by atoms with Crippen molar-refractivity contribution in [2.75, 3.05) is 33.2 Å². The maximum Gasteiger partial charge on any atom is 0.139 e. The largest absolute Gasteiger partial charge is 0.409 e. The van der Waals surface area contributed by atoms with E-state index in [1.807, 2.05) is 0 Å². The predicted octanol–water partition coefficient (Wildman–Crippen LogP) is 1.32. The number of amidine groups is 1. The first-order chi connectivity index (χ1) is 9.62. The topological polar surface area (TPSA) is 65.1 Å². The summed E-state index contributed by atoms with van der Waals surface area (Å²) in [6, 6.07) is 0.805. The predicted molar refractivity (Wildman–Crippen MR) is 79.9 cm³/mol. The van der Waals surface area contributed by atoms with Crippen LogP contribution in [0.15, 0.2) is 5.16 Å².